The molecule has 2 N–H and O–H groups in total. The number of thiocarbonyl (C=S) groups is 1. The number of halogens is 3. The van der Waals surface area contributed by atoms with Crippen LogP contribution in [-0.4, -0.2) is 25.4 Å². The van der Waals surface area contributed by atoms with Gasteiger partial charge in [-0.05, 0) is 92.8 Å². The first-order valence-electron chi connectivity index (χ1n) is 9.23. The number of alkyl halides is 3. The van der Waals surface area contributed by atoms with E-state index in [0.717, 1.165) is 43.5 Å². The molecule has 28 heavy (non-hydrogen) atoms. The molecule has 0 amide bonds. The zero-order valence-corrected chi connectivity index (χ0v) is 16.6. The average Bonchev–Trinajstić information content (AvgIpc) is 2.51. The molecule has 4 fully saturated rings. The van der Waals surface area contributed by atoms with Crippen LogP contribution in [0.4, 0.5) is 13.2 Å². The van der Waals surface area contributed by atoms with Gasteiger partial charge in [-0.25, -0.2) is 8.42 Å². The van der Waals surface area contributed by atoms with E-state index in [9.17, 15) is 21.6 Å². The molecule has 4 saturated carbocycles. The fourth-order valence-electron chi connectivity index (χ4n) is 5.53. The number of hydrogen-bond acceptors (Lipinski definition) is 4. The van der Waals surface area contributed by atoms with Crippen molar-refractivity contribution in [3.63, 3.8) is 0 Å². The maximum Gasteiger partial charge on any atom is 0.573 e. The van der Waals surface area contributed by atoms with Crippen molar-refractivity contribution >= 4 is 27.4 Å². The van der Waals surface area contributed by atoms with Crippen molar-refractivity contribution in [3.05, 3.63) is 24.3 Å². The first-order chi connectivity index (χ1) is 13.0. The molecule has 0 atom stereocenters. The number of ether oxygens (including phenoxy) is 1. The SMILES string of the molecule is O=S(=O)(NC(=S)NC12CC3CC(CC(C3)C1)C2)c1ccc(OC(F)(F)F)cc1. The molecule has 0 aliphatic heterocycles. The highest BCUT2D eigenvalue weighted by Gasteiger charge is 2.51. The lowest BCUT2D eigenvalue weighted by Crippen LogP contribution is -2.61. The molecule has 0 heterocycles. The van der Waals surface area contributed by atoms with Crippen LogP contribution in [0.3, 0.4) is 0 Å². The van der Waals surface area contributed by atoms with E-state index in [1.165, 1.54) is 19.3 Å². The molecular weight excluding hydrogens is 413 g/mol. The highest BCUT2D eigenvalue weighted by molar-refractivity contribution is 7.91. The van der Waals surface area contributed by atoms with E-state index in [-0.39, 0.29) is 15.5 Å². The zero-order valence-electron chi connectivity index (χ0n) is 15.0. The molecule has 4 aliphatic carbocycles. The van der Waals surface area contributed by atoms with Gasteiger partial charge in [-0.3, -0.25) is 4.72 Å². The third kappa shape index (κ3) is 4.22. The Kier molecular flexibility index (Phi) is 4.77. The molecule has 154 valence electrons. The van der Waals surface area contributed by atoms with Gasteiger partial charge in [0.05, 0.1) is 4.90 Å². The van der Waals surface area contributed by atoms with Crippen LogP contribution in [0, 0.1) is 17.8 Å². The van der Waals surface area contributed by atoms with Crippen LogP contribution in [0.15, 0.2) is 29.2 Å². The van der Waals surface area contributed by atoms with Gasteiger partial charge in [-0.1, -0.05) is 0 Å². The fourth-order valence-corrected chi connectivity index (χ4v) is 6.98. The number of hydrogen-bond donors (Lipinski definition) is 2. The summed E-state index contributed by atoms with van der Waals surface area (Å²) in [4.78, 5) is -0.184. The van der Waals surface area contributed by atoms with Crippen LogP contribution in [0.25, 0.3) is 0 Å². The molecule has 0 aromatic heterocycles. The van der Waals surface area contributed by atoms with Crippen LogP contribution < -0.4 is 14.8 Å². The van der Waals surface area contributed by atoms with E-state index in [4.69, 9.17) is 12.2 Å². The van der Waals surface area contributed by atoms with Gasteiger partial charge in [0.15, 0.2) is 5.11 Å². The topological polar surface area (TPSA) is 67.4 Å². The molecule has 5 rings (SSSR count). The summed E-state index contributed by atoms with van der Waals surface area (Å²) in [6.07, 6.45) is 1.95. The molecule has 4 bridgehead atoms. The predicted octanol–water partition coefficient (Wildman–Crippen LogP) is 3.71. The quantitative estimate of drug-likeness (QED) is 0.708. The number of benzene rings is 1. The van der Waals surface area contributed by atoms with Gasteiger partial charge in [-0.2, -0.15) is 0 Å². The van der Waals surface area contributed by atoms with E-state index >= 15 is 0 Å². The van der Waals surface area contributed by atoms with E-state index < -0.39 is 22.1 Å². The first kappa shape index (κ1) is 19.8. The first-order valence-corrected chi connectivity index (χ1v) is 11.1. The Morgan fingerprint density at radius 3 is 2.00 bits per heavy atom. The third-order valence-electron chi connectivity index (χ3n) is 6.01. The van der Waals surface area contributed by atoms with Gasteiger partial charge in [0.2, 0.25) is 0 Å². The monoisotopic (exact) mass is 434 g/mol. The van der Waals surface area contributed by atoms with Crippen molar-refractivity contribution in [2.75, 3.05) is 0 Å². The molecule has 10 heteroatoms. The molecule has 0 radical (unpaired) electrons. The summed E-state index contributed by atoms with van der Waals surface area (Å²) >= 11 is 5.26. The molecule has 0 spiro atoms. The van der Waals surface area contributed by atoms with Crippen LogP contribution in [-0.2, 0) is 10.0 Å². The summed E-state index contributed by atoms with van der Waals surface area (Å²) in [5, 5.41) is 3.30. The number of sulfonamides is 1. The minimum Gasteiger partial charge on any atom is -0.406 e. The Balaban J connectivity index is 1.41. The van der Waals surface area contributed by atoms with Crippen LogP contribution >= 0.6 is 12.2 Å². The van der Waals surface area contributed by atoms with Crippen molar-refractivity contribution in [1.82, 2.24) is 10.0 Å². The minimum atomic E-state index is -4.83. The van der Waals surface area contributed by atoms with Gasteiger partial charge < -0.3 is 10.1 Å². The Labute approximate surface area is 167 Å². The maximum absolute atomic E-state index is 12.5. The smallest absolute Gasteiger partial charge is 0.406 e. The van der Waals surface area contributed by atoms with Crippen molar-refractivity contribution in [2.45, 2.75) is 55.3 Å². The second-order valence-corrected chi connectivity index (χ2v) is 10.4. The molecule has 1 aromatic carbocycles. The lowest BCUT2D eigenvalue weighted by atomic mass is 9.53. The molecule has 0 unspecified atom stereocenters. The van der Waals surface area contributed by atoms with Gasteiger partial charge in [0.25, 0.3) is 10.0 Å². The molecule has 1 aromatic rings. The summed E-state index contributed by atoms with van der Waals surface area (Å²) in [6, 6.07) is 4.02. The van der Waals surface area contributed by atoms with Crippen molar-refractivity contribution in [2.24, 2.45) is 17.8 Å². The summed E-state index contributed by atoms with van der Waals surface area (Å²) < 4.78 is 67.8. The average molecular weight is 435 g/mol. The van der Waals surface area contributed by atoms with Crippen LogP contribution in [0.2, 0.25) is 0 Å². The minimum absolute atomic E-state index is 0.0394. The van der Waals surface area contributed by atoms with Crippen molar-refractivity contribution in [1.29, 1.82) is 0 Å². The lowest BCUT2D eigenvalue weighted by Gasteiger charge is -2.57. The summed E-state index contributed by atoms with van der Waals surface area (Å²) in [5.41, 5.74) is -0.140. The van der Waals surface area contributed by atoms with Gasteiger partial charge in [0.1, 0.15) is 5.75 Å². The Hall–Kier alpha value is -1.55. The molecule has 0 saturated heterocycles. The Bertz CT molecular complexity index is 834. The van der Waals surface area contributed by atoms with E-state index in [1.54, 1.807) is 0 Å². The van der Waals surface area contributed by atoms with Gasteiger partial charge in [-0.15, -0.1) is 13.2 Å². The second-order valence-electron chi connectivity index (χ2n) is 8.28. The Morgan fingerprint density at radius 2 is 1.54 bits per heavy atom. The van der Waals surface area contributed by atoms with Crippen LogP contribution in [0.5, 0.6) is 5.75 Å². The second kappa shape index (κ2) is 6.76. The normalized spacial score (nSPS) is 31.5. The predicted molar refractivity (Wildman–Crippen MR) is 100 cm³/mol. The maximum atomic E-state index is 12.5. The third-order valence-corrected chi connectivity index (χ3v) is 7.71. The zero-order chi connectivity index (χ0) is 20.2. The highest BCUT2D eigenvalue weighted by atomic mass is 32.2. The number of rotatable bonds is 4. The largest absolute Gasteiger partial charge is 0.573 e. The Morgan fingerprint density at radius 1 is 1.04 bits per heavy atom. The van der Waals surface area contributed by atoms with E-state index in [2.05, 4.69) is 14.8 Å². The summed E-state index contributed by atoms with van der Waals surface area (Å²) in [6.45, 7) is 0. The van der Waals surface area contributed by atoms with Crippen molar-refractivity contribution < 1.29 is 26.3 Å². The standard InChI is InChI=1S/C18H21F3N2O3S2/c19-18(20,21)26-14-1-3-15(4-2-14)28(24,25)23-16(27)22-17-8-11-5-12(9-17)7-13(6-11)10-17/h1-4,11-13H,5-10H2,(H2,22,23,27). The highest BCUT2D eigenvalue weighted by Crippen LogP contribution is 2.55. The van der Waals surface area contributed by atoms with Crippen molar-refractivity contribution in [3.8, 4) is 5.75 Å². The molecule has 5 nitrogen and oxygen atoms in total. The van der Waals surface area contributed by atoms with E-state index in [1.807, 2.05) is 0 Å². The van der Waals surface area contributed by atoms with E-state index in [0.29, 0.717) is 17.8 Å². The molecular formula is C18H21F3N2O3S2. The molecule has 4 aliphatic rings. The fraction of sp³-hybridized carbons (Fsp3) is 0.611. The van der Waals surface area contributed by atoms with Gasteiger partial charge in [0, 0.05) is 5.54 Å². The van der Waals surface area contributed by atoms with Gasteiger partial charge >= 0.3 is 6.36 Å². The summed E-state index contributed by atoms with van der Waals surface area (Å²) in [5.74, 6) is 1.55. The number of nitrogens with one attached hydrogen (secondary N) is 2. The van der Waals surface area contributed by atoms with Crippen LogP contribution in [0.1, 0.15) is 38.5 Å². The lowest BCUT2D eigenvalue weighted by molar-refractivity contribution is -0.274. The summed E-state index contributed by atoms with van der Waals surface area (Å²) in [7, 11) is -3.99.